The van der Waals surface area contributed by atoms with Gasteiger partial charge in [-0.2, -0.15) is 0 Å². The van der Waals surface area contributed by atoms with E-state index in [0.717, 1.165) is 13.0 Å². The van der Waals surface area contributed by atoms with Crippen molar-refractivity contribution >= 4 is 0 Å². The summed E-state index contributed by atoms with van der Waals surface area (Å²) < 4.78 is 0. The van der Waals surface area contributed by atoms with Crippen LogP contribution in [0.3, 0.4) is 0 Å². The first kappa shape index (κ1) is 16.9. The highest BCUT2D eigenvalue weighted by atomic mass is 16.3. The second-order valence-electron chi connectivity index (χ2n) is 6.08. The van der Waals surface area contributed by atoms with Crippen LogP contribution >= 0.6 is 0 Å². The van der Waals surface area contributed by atoms with Gasteiger partial charge in [-0.1, -0.05) is 13.3 Å². The van der Waals surface area contributed by atoms with E-state index in [0.29, 0.717) is 19.1 Å². The zero-order chi connectivity index (χ0) is 14.3. The van der Waals surface area contributed by atoms with Crippen LogP contribution in [0, 0.1) is 0 Å². The molecule has 0 aromatic heterocycles. The molecule has 0 amide bonds. The van der Waals surface area contributed by atoms with E-state index < -0.39 is 0 Å². The van der Waals surface area contributed by atoms with Gasteiger partial charge in [0.25, 0.3) is 0 Å². The zero-order valence-electron chi connectivity index (χ0n) is 12.9. The molecular weight excluding hydrogens is 240 g/mol. The number of hydrogen-bond donors (Lipinski definition) is 2. The Bertz CT molecular complexity index is 218. The lowest BCUT2D eigenvalue weighted by atomic mass is 10.1. The topological polar surface area (TPSA) is 46.9 Å². The summed E-state index contributed by atoms with van der Waals surface area (Å²) in [6.07, 6.45) is 4.44. The van der Waals surface area contributed by atoms with Crippen LogP contribution in [0.15, 0.2) is 0 Å². The molecule has 3 atom stereocenters. The average molecular weight is 272 g/mol. The van der Waals surface area contributed by atoms with Crippen molar-refractivity contribution in [2.24, 2.45) is 0 Å². The van der Waals surface area contributed by atoms with Gasteiger partial charge in [0.15, 0.2) is 0 Å². The van der Waals surface area contributed by atoms with Gasteiger partial charge in [-0.15, -0.1) is 0 Å². The number of aliphatic hydroxyl groups excluding tert-OH is 2. The van der Waals surface area contributed by atoms with Crippen molar-refractivity contribution in [1.29, 1.82) is 0 Å². The Kier molecular flexibility index (Phi) is 7.91. The molecule has 0 aromatic rings. The van der Waals surface area contributed by atoms with E-state index in [1.165, 1.54) is 32.4 Å². The minimum Gasteiger partial charge on any atom is -0.392 e. The first-order valence-electron chi connectivity index (χ1n) is 7.85. The zero-order valence-corrected chi connectivity index (χ0v) is 12.9. The summed E-state index contributed by atoms with van der Waals surface area (Å²) in [5.74, 6) is 0. The van der Waals surface area contributed by atoms with Crippen molar-refractivity contribution in [1.82, 2.24) is 9.80 Å². The number of hydrogen-bond acceptors (Lipinski definition) is 4. The Labute approximate surface area is 118 Å². The van der Waals surface area contributed by atoms with Crippen LogP contribution in [0.1, 0.15) is 46.5 Å². The third-order valence-corrected chi connectivity index (χ3v) is 3.89. The van der Waals surface area contributed by atoms with Crippen molar-refractivity contribution in [3.05, 3.63) is 0 Å². The maximum absolute atomic E-state index is 9.59. The van der Waals surface area contributed by atoms with Crippen molar-refractivity contribution in [2.75, 3.05) is 32.7 Å². The summed E-state index contributed by atoms with van der Waals surface area (Å²) in [5, 5.41) is 19.2. The lowest BCUT2D eigenvalue weighted by Crippen LogP contribution is -2.48. The largest absolute Gasteiger partial charge is 0.392 e. The molecule has 1 fully saturated rings. The van der Waals surface area contributed by atoms with E-state index in [4.69, 9.17) is 0 Å². The maximum atomic E-state index is 9.59. The molecule has 0 aliphatic carbocycles. The average Bonchev–Trinajstić information content (AvgIpc) is 2.35. The van der Waals surface area contributed by atoms with Gasteiger partial charge in [0, 0.05) is 25.7 Å². The monoisotopic (exact) mass is 272 g/mol. The smallest absolute Gasteiger partial charge is 0.0639 e. The standard InChI is InChI=1S/C15H32N2O2/c1-4-15(17-8-6-5-7-9-17)12-16(10-13(2)18)11-14(3)19/h13-15,18-19H,4-12H2,1-3H3. The number of likely N-dealkylation sites (tertiary alicyclic amines) is 1. The lowest BCUT2D eigenvalue weighted by molar-refractivity contribution is 0.0534. The van der Waals surface area contributed by atoms with Crippen LogP contribution in [0.5, 0.6) is 0 Å². The fraction of sp³-hybridized carbons (Fsp3) is 1.00. The van der Waals surface area contributed by atoms with Gasteiger partial charge in [-0.25, -0.2) is 0 Å². The van der Waals surface area contributed by atoms with Crippen LogP contribution in [0.4, 0.5) is 0 Å². The Morgan fingerprint density at radius 1 is 0.947 bits per heavy atom. The van der Waals surface area contributed by atoms with Gasteiger partial charge in [-0.3, -0.25) is 9.80 Å². The highest BCUT2D eigenvalue weighted by Crippen LogP contribution is 2.15. The number of rotatable bonds is 8. The first-order chi connectivity index (χ1) is 9.02. The van der Waals surface area contributed by atoms with Crippen molar-refractivity contribution in [3.63, 3.8) is 0 Å². The summed E-state index contributed by atoms with van der Waals surface area (Å²) in [4.78, 5) is 4.79. The van der Waals surface area contributed by atoms with Gasteiger partial charge in [0.2, 0.25) is 0 Å². The summed E-state index contributed by atoms with van der Waals surface area (Å²) in [5.41, 5.74) is 0. The molecule has 0 spiro atoms. The predicted molar refractivity (Wildman–Crippen MR) is 79.3 cm³/mol. The molecular formula is C15H32N2O2. The van der Waals surface area contributed by atoms with E-state index >= 15 is 0 Å². The molecule has 114 valence electrons. The van der Waals surface area contributed by atoms with Crippen LogP contribution in [0.25, 0.3) is 0 Å². The number of nitrogens with zero attached hydrogens (tertiary/aromatic N) is 2. The normalized spacial score (nSPS) is 22.4. The summed E-state index contributed by atoms with van der Waals surface area (Å²) in [6.45, 7) is 10.5. The molecule has 19 heavy (non-hydrogen) atoms. The molecule has 0 aromatic carbocycles. The van der Waals surface area contributed by atoms with Crippen molar-refractivity contribution < 1.29 is 10.2 Å². The first-order valence-corrected chi connectivity index (χ1v) is 7.85. The highest BCUT2D eigenvalue weighted by Gasteiger charge is 2.22. The van der Waals surface area contributed by atoms with E-state index in [1.807, 2.05) is 13.8 Å². The second kappa shape index (κ2) is 8.90. The van der Waals surface area contributed by atoms with Gasteiger partial charge in [-0.05, 0) is 46.2 Å². The molecule has 1 heterocycles. The molecule has 2 N–H and O–H groups in total. The summed E-state index contributed by atoms with van der Waals surface area (Å²) >= 11 is 0. The summed E-state index contributed by atoms with van der Waals surface area (Å²) in [7, 11) is 0. The van der Waals surface area contributed by atoms with Crippen LogP contribution < -0.4 is 0 Å². The van der Waals surface area contributed by atoms with E-state index in [9.17, 15) is 10.2 Å². The molecule has 1 rings (SSSR count). The minimum atomic E-state index is -0.336. The van der Waals surface area contributed by atoms with Crippen LogP contribution in [-0.2, 0) is 0 Å². The van der Waals surface area contributed by atoms with E-state index in [2.05, 4.69) is 16.7 Å². The van der Waals surface area contributed by atoms with Gasteiger partial charge in [0.05, 0.1) is 12.2 Å². The molecule has 1 aliphatic rings. The van der Waals surface area contributed by atoms with Crippen molar-refractivity contribution in [3.8, 4) is 0 Å². The SMILES string of the molecule is CCC(CN(CC(C)O)CC(C)O)N1CCCCC1. The fourth-order valence-electron chi connectivity index (χ4n) is 3.06. The van der Waals surface area contributed by atoms with Crippen LogP contribution in [-0.4, -0.2) is 71.0 Å². The van der Waals surface area contributed by atoms with Gasteiger partial charge in [0.1, 0.15) is 0 Å². The Balaban J connectivity index is 2.52. The van der Waals surface area contributed by atoms with Gasteiger partial charge < -0.3 is 10.2 Å². The molecule has 0 radical (unpaired) electrons. The molecule has 4 nitrogen and oxygen atoms in total. The maximum Gasteiger partial charge on any atom is 0.0639 e. The molecule has 0 bridgehead atoms. The summed E-state index contributed by atoms with van der Waals surface area (Å²) in [6, 6.07) is 0.554. The Morgan fingerprint density at radius 3 is 1.89 bits per heavy atom. The van der Waals surface area contributed by atoms with E-state index in [1.54, 1.807) is 0 Å². The molecule has 1 aliphatic heterocycles. The molecule has 3 unspecified atom stereocenters. The minimum absolute atomic E-state index is 0.336. The Hall–Kier alpha value is -0.160. The predicted octanol–water partition coefficient (Wildman–Crippen LogP) is 1.31. The third kappa shape index (κ3) is 6.70. The second-order valence-corrected chi connectivity index (χ2v) is 6.08. The molecule has 0 saturated carbocycles. The molecule has 4 heteroatoms. The van der Waals surface area contributed by atoms with Crippen LogP contribution in [0.2, 0.25) is 0 Å². The highest BCUT2D eigenvalue weighted by molar-refractivity contribution is 4.78. The van der Waals surface area contributed by atoms with E-state index in [-0.39, 0.29) is 12.2 Å². The third-order valence-electron chi connectivity index (χ3n) is 3.89. The lowest BCUT2D eigenvalue weighted by Gasteiger charge is -2.38. The van der Waals surface area contributed by atoms with Crippen molar-refractivity contribution in [2.45, 2.75) is 64.7 Å². The fourth-order valence-corrected chi connectivity index (χ4v) is 3.06. The number of piperidine rings is 1. The Morgan fingerprint density at radius 2 is 1.47 bits per heavy atom. The number of aliphatic hydroxyl groups is 2. The quantitative estimate of drug-likeness (QED) is 0.699. The molecule has 1 saturated heterocycles. The van der Waals surface area contributed by atoms with Gasteiger partial charge >= 0.3 is 0 Å².